The van der Waals surface area contributed by atoms with Crippen LogP contribution in [0.2, 0.25) is 0 Å². The molecule has 154 valence electrons. The first-order chi connectivity index (χ1) is 13.2. The number of nitrogens with zero attached hydrogens (tertiary/aromatic N) is 1. The van der Waals surface area contributed by atoms with Crippen molar-refractivity contribution in [3.63, 3.8) is 0 Å². The van der Waals surface area contributed by atoms with Gasteiger partial charge in [-0.3, -0.25) is 0 Å². The van der Waals surface area contributed by atoms with Gasteiger partial charge in [0.25, 0.3) is 0 Å². The summed E-state index contributed by atoms with van der Waals surface area (Å²) < 4.78 is 0. The molecular formula is C26H45N. The summed E-state index contributed by atoms with van der Waals surface area (Å²) in [4.78, 5) is 0. The summed E-state index contributed by atoms with van der Waals surface area (Å²) in [6.45, 7) is 4.66. The summed E-state index contributed by atoms with van der Waals surface area (Å²) in [5, 5.41) is 10.2. The maximum atomic E-state index is 10.2. The maximum Gasteiger partial charge on any atom is 0.0692 e. The molecule has 3 aliphatic carbocycles. The molecule has 0 radical (unpaired) electrons. The molecule has 0 aromatic carbocycles. The quantitative estimate of drug-likeness (QED) is 0.413. The van der Waals surface area contributed by atoms with Crippen LogP contribution in [-0.4, -0.2) is 0 Å². The van der Waals surface area contributed by atoms with Crippen LogP contribution in [0.25, 0.3) is 0 Å². The van der Waals surface area contributed by atoms with Gasteiger partial charge in [-0.2, -0.15) is 5.26 Å². The fraction of sp³-hybridized carbons (Fsp3) is 0.962. The number of unbranched alkanes of at least 4 members (excludes halogenated alkanes) is 2. The molecule has 3 rings (SSSR count). The molecule has 0 saturated heterocycles. The van der Waals surface area contributed by atoms with Gasteiger partial charge in [0.2, 0.25) is 0 Å². The number of hydrogen-bond acceptors (Lipinski definition) is 1. The Morgan fingerprint density at radius 3 is 2.00 bits per heavy atom. The highest BCUT2D eigenvalue weighted by molar-refractivity contribution is 5.07. The van der Waals surface area contributed by atoms with E-state index in [9.17, 15) is 5.26 Å². The van der Waals surface area contributed by atoms with Gasteiger partial charge < -0.3 is 0 Å². The Bertz CT molecular complexity index is 461. The summed E-state index contributed by atoms with van der Waals surface area (Å²) in [6.07, 6.45) is 23.5. The van der Waals surface area contributed by atoms with Crippen LogP contribution in [0, 0.1) is 46.3 Å². The second-order valence-corrected chi connectivity index (χ2v) is 10.4. The molecule has 0 aromatic heterocycles. The Labute approximate surface area is 169 Å². The van der Waals surface area contributed by atoms with E-state index in [-0.39, 0.29) is 5.41 Å². The van der Waals surface area contributed by atoms with Gasteiger partial charge in [0.1, 0.15) is 0 Å². The molecule has 0 spiro atoms. The summed E-state index contributed by atoms with van der Waals surface area (Å²) in [7, 11) is 0. The van der Waals surface area contributed by atoms with E-state index in [1.807, 2.05) is 0 Å². The Morgan fingerprint density at radius 1 is 0.778 bits per heavy atom. The molecule has 0 bridgehead atoms. The molecule has 0 heterocycles. The van der Waals surface area contributed by atoms with Gasteiger partial charge >= 0.3 is 0 Å². The average molecular weight is 372 g/mol. The summed E-state index contributed by atoms with van der Waals surface area (Å²) in [5.41, 5.74) is 0.0319. The molecule has 2 atom stereocenters. The summed E-state index contributed by atoms with van der Waals surface area (Å²) in [6, 6.07) is 2.91. The number of hydrogen-bond donors (Lipinski definition) is 0. The van der Waals surface area contributed by atoms with Crippen LogP contribution in [0.5, 0.6) is 0 Å². The van der Waals surface area contributed by atoms with E-state index in [1.54, 1.807) is 0 Å². The van der Waals surface area contributed by atoms with Crippen molar-refractivity contribution >= 4 is 0 Å². The fourth-order valence-electron chi connectivity index (χ4n) is 7.24. The van der Waals surface area contributed by atoms with Crippen LogP contribution in [-0.2, 0) is 0 Å². The highest BCUT2D eigenvalue weighted by atomic mass is 14.5. The SMILES string of the molecule is CCCCC[C@@]1(C#N)CCCC[C@H]1C1CCC([C@H]2CC[C@H](CC)CC2)CC1. The third-order valence-electron chi connectivity index (χ3n) is 9.07. The van der Waals surface area contributed by atoms with Gasteiger partial charge in [-0.25, -0.2) is 0 Å². The second-order valence-electron chi connectivity index (χ2n) is 10.4. The largest absolute Gasteiger partial charge is 0.198 e. The van der Waals surface area contributed by atoms with E-state index in [0.29, 0.717) is 5.92 Å². The normalized spacial score (nSPS) is 40.4. The summed E-state index contributed by atoms with van der Waals surface area (Å²) >= 11 is 0. The van der Waals surface area contributed by atoms with Crippen LogP contribution in [0.4, 0.5) is 0 Å². The first-order valence-electron chi connectivity index (χ1n) is 12.6. The predicted octanol–water partition coefficient (Wildman–Crippen LogP) is 8.29. The van der Waals surface area contributed by atoms with E-state index < -0.39 is 0 Å². The molecule has 0 amide bonds. The van der Waals surface area contributed by atoms with E-state index in [4.69, 9.17) is 0 Å². The lowest BCUT2D eigenvalue weighted by Gasteiger charge is -2.46. The van der Waals surface area contributed by atoms with Crippen molar-refractivity contribution in [3.05, 3.63) is 0 Å². The van der Waals surface area contributed by atoms with Crippen molar-refractivity contribution in [1.82, 2.24) is 0 Å². The van der Waals surface area contributed by atoms with Crippen LogP contribution < -0.4 is 0 Å². The van der Waals surface area contributed by atoms with E-state index in [1.165, 1.54) is 109 Å². The minimum atomic E-state index is 0.0319. The lowest BCUT2D eigenvalue weighted by molar-refractivity contribution is 0.0450. The zero-order valence-electron chi connectivity index (χ0n) is 18.4. The Morgan fingerprint density at radius 2 is 1.41 bits per heavy atom. The minimum absolute atomic E-state index is 0.0319. The van der Waals surface area contributed by atoms with Gasteiger partial charge in [-0.1, -0.05) is 65.2 Å². The molecule has 0 aliphatic heterocycles. The molecule has 0 aromatic rings. The molecule has 0 unspecified atom stereocenters. The average Bonchev–Trinajstić information content (AvgIpc) is 2.74. The zero-order valence-corrected chi connectivity index (χ0v) is 18.4. The van der Waals surface area contributed by atoms with Gasteiger partial charge in [0, 0.05) is 0 Å². The predicted molar refractivity (Wildman–Crippen MR) is 115 cm³/mol. The highest BCUT2D eigenvalue weighted by Gasteiger charge is 2.45. The van der Waals surface area contributed by atoms with Gasteiger partial charge in [0.15, 0.2) is 0 Å². The van der Waals surface area contributed by atoms with Crippen LogP contribution in [0.1, 0.15) is 123 Å². The molecule has 27 heavy (non-hydrogen) atoms. The van der Waals surface area contributed by atoms with E-state index >= 15 is 0 Å². The Kier molecular flexibility index (Phi) is 8.10. The number of nitriles is 1. The lowest BCUT2D eigenvalue weighted by Crippen LogP contribution is -2.39. The summed E-state index contributed by atoms with van der Waals surface area (Å²) in [5.74, 6) is 4.64. The van der Waals surface area contributed by atoms with Crippen molar-refractivity contribution < 1.29 is 0 Å². The van der Waals surface area contributed by atoms with Gasteiger partial charge in [-0.05, 0) is 87.4 Å². The Hall–Kier alpha value is -0.510. The Balaban J connectivity index is 1.54. The van der Waals surface area contributed by atoms with E-state index in [2.05, 4.69) is 19.9 Å². The molecule has 0 N–H and O–H groups in total. The topological polar surface area (TPSA) is 23.8 Å². The highest BCUT2D eigenvalue weighted by Crippen LogP contribution is 2.53. The molecule has 3 saturated carbocycles. The lowest BCUT2D eigenvalue weighted by atomic mass is 9.57. The third kappa shape index (κ3) is 5.10. The first kappa shape index (κ1) is 21.2. The van der Waals surface area contributed by atoms with Crippen molar-refractivity contribution in [2.75, 3.05) is 0 Å². The standard InChI is InChI=1S/C26H45N/c1-3-5-7-18-26(20-27)19-8-6-9-25(26)24-16-14-23(15-17-24)22-12-10-21(4-2)11-13-22/h21-25H,3-19H2,1-2H3/t21-,22-,23?,24?,25-,26-/m0/s1. The van der Waals surface area contributed by atoms with Crippen molar-refractivity contribution in [1.29, 1.82) is 5.26 Å². The second kappa shape index (κ2) is 10.3. The molecule has 3 aliphatic rings. The van der Waals surface area contributed by atoms with Gasteiger partial charge in [0.05, 0.1) is 11.5 Å². The number of rotatable bonds is 7. The smallest absolute Gasteiger partial charge is 0.0692 e. The first-order valence-corrected chi connectivity index (χ1v) is 12.6. The maximum absolute atomic E-state index is 10.2. The van der Waals surface area contributed by atoms with Crippen LogP contribution >= 0.6 is 0 Å². The third-order valence-corrected chi connectivity index (χ3v) is 9.07. The zero-order chi connectivity index (χ0) is 19.1. The van der Waals surface area contributed by atoms with E-state index in [0.717, 1.165) is 23.7 Å². The molecular weight excluding hydrogens is 326 g/mol. The van der Waals surface area contributed by atoms with Crippen molar-refractivity contribution in [2.24, 2.45) is 35.0 Å². The molecule has 1 heteroatoms. The molecule has 1 nitrogen and oxygen atoms in total. The monoisotopic (exact) mass is 371 g/mol. The minimum Gasteiger partial charge on any atom is -0.198 e. The van der Waals surface area contributed by atoms with Crippen molar-refractivity contribution in [2.45, 2.75) is 123 Å². The van der Waals surface area contributed by atoms with Crippen molar-refractivity contribution in [3.8, 4) is 6.07 Å². The van der Waals surface area contributed by atoms with Crippen LogP contribution in [0.3, 0.4) is 0 Å². The van der Waals surface area contributed by atoms with Crippen LogP contribution in [0.15, 0.2) is 0 Å². The molecule has 3 fully saturated rings. The fourth-order valence-corrected chi connectivity index (χ4v) is 7.24. The van der Waals surface area contributed by atoms with Gasteiger partial charge in [-0.15, -0.1) is 0 Å².